The van der Waals surface area contributed by atoms with Crippen molar-refractivity contribution in [2.24, 2.45) is 22.2 Å². The lowest BCUT2D eigenvalue weighted by Gasteiger charge is -2.69. The first-order chi connectivity index (χ1) is 15.0. The molecule has 0 radical (unpaired) electrons. The van der Waals surface area contributed by atoms with Crippen LogP contribution in [0.3, 0.4) is 0 Å². The summed E-state index contributed by atoms with van der Waals surface area (Å²) in [7, 11) is 0. The van der Waals surface area contributed by atoms with Crippen molar-refractivity contribution in [2.45, 2.75) is 97.4 Å². The fourth-order valence-corrected chi connectivity index (χ4v) is 7.96. The fourth-order valence-electron chi connectivity index (χ4n) is 7.96. The molecule has 0 spiro atoms. The molecule has 2 aliphatic carbocycles. The van der Waals surface area contributed by atoms with Crippen LogP contribution >= 0.6 is 0 Å². The number of aromatic nitrogens is 1. The molecule has 2 saturated carbocycles. The smallest absolute Gasteiger partial charge is 0.0860 e. The van der Waals surface area contributed by atoms with E-state index in [9.17, 15) is 5.11 Å². The Balaban J connectivity index is 1.50. The van der Waals surface area contributed by atoms with Gasteiger partial charge in [0.15, 0.2) is 0 Å². The molecule has 32 heavy (non-hydrogen) atoms. The summed E-state index contributed by atoms with van der Waals surface area (Å²) in [5.41, 5.74) is 3.81. The highest BCUT2D eigenvalue weighted by Gasteiger charge is 2.66. The Labute approximate surface area is 193 Å². The van der Waals surface area contributed by atoms with Gasteiger partial charge >= 0.3 is 0 Å². The second-order valence-electron chi connectivity index (χ2n) is 12.3. The van der Waals surface area contributed by atoms with Crippen LogP contribution in [0.25, 0.3) is 10.9 Å². The molecule has 1 aliphatic heterocycles. The number of para-hydroxylation sites is 1. The van der Waals surface area contributed by atoms with Crippen molar-refractivity contribution in [2.75, 3.05) is 0 Å². The van der Waals surface area contributed by atoms with Gasteiger partial charge in [-0.3, -0.25) is 0 Å². The summed E-state index contributed by atoms with van der Waals surface area (Å²) in [5, 5.41) is 12.0. The van der Waals surface area contributed by atoms with E-state index in [1.54, 1.807) is 0 Å². The van der Waals surface area contributed by atoms with Crippen molar-refractivity contribution in [3.05, 3.63) is 48.2 Å². The number of H-pyrrole nitrogens is 1. The van der Waals surface area contributed by atoms with Crippen LogP contribution in [0.1, 0.15) is 78.7 Å². The number of fused-ring (bicyclic) bond motifs is 4. The van der Waals surface area contributed by atoms with E-state index in [1.165, 1.54) is 28.5 Å². The molecule has 5 rings (SSSR count). The van der Waals surface area contributed by atoms with E-state index in [4.69, 9.17) is 4.74 Å². The zero-order valence-electron chi connectivity index (χ0n) is 20.6. The zero-order valence-corrected chi connectivity index (χ0v) is 20.6. The van der Waals surface area contributed by atoms with Gasteiger partial charge in [-0.15, -0.1) is 0 Å². The van der Waals surface area contributed by atoms with E-state index in [0.29, 0.717) is 5.92 Å². The van der Waals surface area contributed by atoms with Crippen LogP contribution in [0.2, 0.25) is 0 Å². The molecule has 174 valence electrons. The first-order valence-corrected chi connectivity index (χ1v) is 12.6. The van der Waals surface area contributed by atoms with E-state index < -0.39 is 5.60 Å². The Morgan fingerprint density at radius 1 is 1.09 bits per heavy atom. The average molecular weight is 436 g/mol. The van der Waals surface area contributed by atoms with Gasteiger partial charge in [0, 0.05) is 17.1 Å². The average Bonchev–Trinajstić information content (AvgIpc) is 3.15. The molecule has 2 heterocycles. The quantitative estimate of drug-likeness (QED) is 0.520. The second-order valence-corrected chi connectivity index (χ2v) is 12.3. The van der Waals surface area contributed by atoms with Gasteiger partial charge in [-0.05, 0) is 92.6 Å². The number of allylic oxidation sites excluding steroid dienone is 1. The predicted molar refractivity (Wildman–Crippen MR) is 132 cm³/mol. The number of rotatable bonds is 3. The molecule has 2 aromatic rings. The molecule has 6 atom stereocenters. The second kappa shape index (κ2) is 7.21. The Bertz CT molecular complexity index is 1030. The normalized spacial score (nSPS) is 40.2. The molecule has 2 unspecified atom stereocenters. The first-order valence-electron chi connectivity index (χ1n) is 12.6. The van der Waals surface area contributed by atoms with Crippen LogP contribution in [-0.2, 0) is 11.2 Å². The summed E-state index contributed by atoms with van der Waals surface area (Å²) in [4.78, 5) is 3.48. The fraction of sp³-hybridized carbons (Fsp3) is 0.655. The Kier molecular flexibility index (Phi) is 5.01. The number of hydrogen-bond donors (Lipinski definition) is 2. The van der Waals surface area contributed by atoms with E-state index in [1.807, 2.05) is 13.8 Å². The molecule has 1 aromatic heterocycles. The molecule has 1 aromatic carbocycles. The summed E-state index contributed by atoms with van der Waals surface area (Å²) < 4.78 is 6.67. The van der Waals surface area contributed by atoms with Crippen LogP contribution in [0.15, 0.2) is 42.6 Å². The molecule has 1 saturated heterocycles. The van der Waals surface area contributed by atoms with Crippen molar-refractivity contribution in [3.63, 3.8) is 0 Å². The van der Waals surface area contributed by atoms with Crippen LogP contribution in [0.5, 0.6) is 0 Å². The molecule has 3 heteroatoms. The van der Waals surface area contributed by atoms with Gasteiger partial charge in [-0.2, -0.15) is 0 Å². The van der Waals surface area contributed by atoms with E-state index in [2.05, 4.69) is 62.8 Å². The number of aliphatic hydroxyl groups is 1. The lowest BCUT2D eigenvalue weighted by Crippen LogP contribution is -2.66. The third-order valence-corrected chi connectivity index (χ3v) is 10.5. The molecule has 0 amide bonds. The molecular formula is C29H41NO2. The molecule has 2 N–H and O–H groups in total. The number of ether oxygens (including phenoxy) is 1. The number of aromatic amines is 1. The molecule has 3 aliphatic rings. The minimum atomic E-state index is -0.776. The van der Waals surface area contributed by atoms with Crippen molar-refractivity contribution >= 4 is 10.9 Å². The van der Waals surface area contributed by atoms with Crippen molar-refractivity contribution < 1.29 is 9.84 Å². The highest BCUT2D eigenvalue weighted by molar-refractivity contribution is 5.83. The first kappa shape index (κ1) is 22.2. The Morgan fingerprint density at radius 3 is 2.56 bits per heavy atom. The minimum absolute atomic E-state index is 0.0610. The monoisotopic (exact) mass is 435 g/mol. The van der Waals surface area contributed by atoms with Crippen LogP contribution in [0.4, 0.5) is 0 Å². The Hall–Kier alpha value is -1.58. The van der Waals surface area contributed by atoms with Gasteiger partial charge in [0.2, 0.25) is 0 Å². The van der Waals surface area contributed by atoms with Crippen LogP contribution < -0.4 is 0 Å². The molecule has 3 nitrogen and oxygen atoms in total. The summed E-state index contributed by atoms with van der Waals surface area (Å²) >= 11 is 0. The van der Waals surface area contributed by atoms with E-state index in [0.717, 1.165) is 38.5 Å². The number of hydrogen-bond acceptors (Lipinski definition) is 2. The van der Waals surface area contributed by atoms with Gasteiger partial charge in [-0.1, -0.05) is 51.1 Å². The minimum Gasteiger partial charge on any atom is -0.388 e. The van der Waals surface area contributed by atoms with Gasteiger partial charge in [-0.25, -0.2) is 0 Å². The standard InChI is InChI=1S/C29H41NO2/c1-19-11-16-29(6)27(4,22(19)17-20-18-30-23-10-8-7-9-21(20)23)14-13-25-28(29,5)15-12-24(32-25)26(2,3)31/h7-10,18,22,24-25,30-31H,1,11-17H2,2-6H3/t22-,24?,25?,27-,28-,29-/m1/s1. The van der Waals surface area contributed by atoms with Gasteiger partial charge in [0.25, 0.3) is 0 Å². The summed E-state index contributed by atoms with van der Waals surface area (Å²) in [5.74, 6) is 0.477. The van der Waals surface area contributed by atoms with Gasteiger partial charge < -0.3 is 14.8 Å². The third-order valence-electron chi connectivity index (χ3n) is 10.5. The maximum atomic E-state index is 10.6. The largest absolute Gasteiger partial charge is 0.388 e. The highest BCUT2D eigenvalue weighted by atomic mass is 16.5. The lowest BCUT2D eigenvalue weighted by atomic mass is 9.37. The molecule has 3 fully saturated rings. The maximum absolute atomic E-state index is 10.6. The summed E-state index contributed by atoms with van der Waals surface area (Å²) in [6.45, 7) is 16.0. The maximum Gasteiger partial charge on any atom is 0.0860 e. The molecule has 0 bridgehead atoms. The van der Waals surface area contributed by atoms with Crippen LogP contribution in [-0.4, -0.2) is 27.9 Å². The zero-order chi connectivity index (χ0) is 22.9. The number of benzene rings is 1. The van der Waals surface area contributed by atoms with E-state index >= 15 is 0 Å². The van der Waals surface area contributed by atoms with Crippen molar-refractivity contribution in [3.8, 4) is 0 Å². The Morgan fingerprint density at radius 2 is 1.81 bits per heavy atom. The lowest BCUT2D eigenvalue weighted by molar-refractivity contribution is -0.268. The van der Waals surface area contributed by atoms with Crippen molar-refractivity contribution in [1.82, 2.24) is 4.98 Å². The summed E-state index contributed by atoms with van der Waals surface area (Å²) in [6, 6.07) is 8.67. The highest BCUT2D eigenvalue weighted by Crippen LogP contribution is 2.71. The third kappa shape index (κ3) is 3.00. The van der Waals surface area contributed by atoms with Crippen LogP contribution in [0, 0.1) is 22.2 Å². The predicted octanol–water partition coefficient (Wildman–Crippen LogP) is 6.81. The summed E-state index contributed by atoms with van der Waals surface area (Å²) in [6.07, 6.45) is 10.1. The van der Waals surface area contributed by atoms with E-state index in [-0.39, 0.29) is 28.5 Å². The van der Waals surface area contributed by atoms with Crippen molar-refractivity contribution in [1.29, 1.82) is 0 Å². The molecular weight excluding hydrogens is 394 g/mol. The SMILES string of the molecule is C=C1CC[C@@]2(C)[C@]3(C)CCC(C(C)(C)O)OC3CC[C@]2(C)[C@@H]1Cc1c[nH]c2ccccc12. The topological polar surface area (TPSA) is 45.2 Å². The number of nitrogens with one attached hydrogen (secondary N) is 1. The van der Waals surface area contributed by atoms with Gasteiger partial charge in [0.1, 0.15) is 0 Å². The van der Waals surface area contributed by atoms with Gasteiger partial charge in [0.05, 0.1) is 17.8 Å².